The quantitative estimate of drug-likeness (QED) is 0.560. The van der Waals surface area contributed by atoms with Gasteiger partial charge >= 0.3 is 18.2 Å². The molecule has 0 spiro atoms. The van der Waals surface area contributed by atoms with Gasteiger partial charge in [-0.3, -0.25) is 4.79 Å². The van der Waals surface area contributed by atoms with Gasteiger partial charge in [-0.05, 0) is 18.6 Å². The van der Waals surface area contributed by atoms with Crippen LogP contribution in [0.5, 0.6) is 6.01 Å². The van der Waals surface area contributed by atoms with Gasteiger partial charge in [0.2, 0.25) is 0 Å². The molecule has 36 heavy (non-hydrogen) atoms. The van der Waals surface area contributed by atoms with E-state index in [-0.39, 0.29) is 57.7 Å². The average molecular weight is 550 g/mol. The van der Waals surface area contributed by atoms with Gasteiger partial charge in [0, 0.05) is 29.9 Å². The highest BCUT2D eigenvalue weighted by Crippen LogP contribution is 2.42. The van der Waals surface area contributed by atoms with Crippen molar-refractivity contribution in [2.75, 3.05) is 32.8 Å². The van der Waals surface area contributed by atoms with Crippen LogP contribution < -0.4 is 4.74 Å². The molecule has 9 nitrogen and oxygen atoms in total. The van der Waals surface area contributed by atoms with E-state index in [9.17, 15) is 22.8 Å². The van der Waals surface area contributed by atoms with Crippen LogP contribution in [0.2, 0.25) is 4.34 Å². The molecule has 14 heteroatoms. The van der Waals surface area contributed by atoms with E-state index in [1.165, 1.54) is 16.2 Å². The first-order valence-electron chi connectivity index (χ1n) is 11.4. The molecule has 0 aliphatic carbocycles. The smallest absolute Gasteiger partial charge is 0.409 e. The fourth-order valence-corrected chi connectivity index (χ4v) is 5.20. The number of rotatable bonds is 4. The summed E-state index contributed by atoms with van der Waals surface area (Å²) >= 11 is 7.23. The van der Waals surface area contributed by atoms with Crippen LogP contribution in [-0.2, 0) is 11.3 Å². The van der Waals surface area contributed by atoms with Crippen LogP contribution in [0.1, 0.15) is 48.6 Å². The van der Waals surface area contributed by atoms with Gasteiger partial charge in [-0.25, -0.2) is 4.79 Å². The number of aromatic nitrogens is 3. The van der Waals surface area contributed by atoms with Gasteiger partial charge in [0.05, 0.1) is 23.5 Å². The van der Waals surface area contributed by atoms with Crippen molar-refractivity contribution in [2.24, 2.45) is 5.41 Å². The summed E-state index contributed by atoms with van der Waals surface area (Å²) in [5.74, 6) is -1.92. The molecule has 2 aromatic rings. The Kier molecular flexibility index (Phi) is 7.54. The summed E-state index contributed by atoms with van der Waals surface area (Å²) in [6.45, 7) is 5.89. The maximum atomic E-state index is 14.3. The molecule has 2 saturated heterocycles. The molecule has 2 aliphatic heterocycles. The molecule has 2 amide bonds. The van der Waals surface area contributed by atoms with E-state index >= 15 is 0 Å². The third kappa shape index (κ3) is 5.62. The number of hydrogen-bond acceptors (Lipinski definition) is 7. The number of carbonyl (C=O) groups excluding carboxylic acids is 2. The average Bonchev–Trinajstić information content (AvgIpc) is 3.54. The lowest BCUT2D eigenvalue weighted by Gasteiger charge is -2.35. The lowest BCUT2D eigenvalue weighted by molar-refractivity contribution is -0.174. The Hall–Kier alpha value is -2.38. The van der Waals surface area contributed by atoms with E-state index in [1.807, 2.05) is 0 Å². The molecule has 0 saturated carbocycles. The maximum Gasteiger partial charge on any atom is 0.409 e. The van der Waals surface area contributed by atoms with E-state index in [1.54, 1.807) is 32.9 Å². The maximum absolute atomic E-state index is 14.3. The van der Waals surface area contributed by atoms with Crippen molar-refractivity contribution in [1.82, 2.24) is 24.6 Å². The number of alkyl halides is 3. The summed E-state index contributed by atoms with van der Waals surface area (Å²) in [5, 5.41) is 4.18. The first-order valence-corrected chi connectivity index (χ1v) is 12.6. The minimum atomic E-state index is -4.72. The Bertz CT molecular complexity index is 1110. The highest BCUT2D eigenvalue weighted by atomic mass is 35.5. The van der Waals surface area contributed by atoms with Crippen LogP contribution >= 0.6 is 22.9 Å². The van der Waals surface area contributed by atoms with Crippen LogP contribution in [0.3, 0.4) is 0 Å². The predicted octanol–water partition coefficient (Wildman–Crippen LogP) is 4.43. The number of urea groups is 1. The predicted molar refractivity (Wildman–Crippen MR) is 125 cm³/mol. The zero-order valence-electron chi connectivity index (χ0n) is 20.0. The number of likely N-dealkylation sites (tertiary alicyclic amines) is 1. The standard InChI is InChI=1S/C22H27ClF3N5O4S/c1-21(2,3)18(32)31-19(35-12-13-4-5-15(23)36-13)27-17(28-31)14-6-7-30(16(14)22(24,25)26)20(33)29-8-10-34-11-9-29/h4-5,14,16H,6-12H2,1-3H3. The molecule has 2 atom stereocenters. The second-order valence-corrected chi connectivity index (χ2v) is 11.5. The first kappa shape index (κ1) is 26.7. The molecule has 0 bridgehead atoms. The van der Waals surface area contributed by atoms with Crippen LogP contribution in [0.4, 0.5) is 18.0 Å². The van der Waals surface area contributed by atoms with E-state index in [2.05, 4.69) is 10.1 Å². The summed E-state index contributed by atoms with van der Waals surface area (Å²) in [6.07, 6.45) is -4.73. The molecule has 0 aromatic carbocycles. The zero-order valence-corrected chi connectivity index (χ0v) is 21.6. The van der Waals surface area contributed by atoms with Gasteiger partial charge in [0.15, 0.2) is 5.82 Å². The van der Waals surface area contributed by atoms with Gasteiger partial charge in [0.1, 0.15) is 12.6 Å². The topological polar surface area (TPSA) is 89.8 Å². The fraction of sp³-hybridized carbons (Fsp3) is 0.636. The number of morpholine rings is 1. The molecular weight excluding hydrogens is 523 g/mol. The fourth-order valence-electron chi connectivity index (χ4n) is 4.20. The number of ether oxygens (including phenoxy) is 2. The molecule has 2 unspecified atom stereocenters. The monoisotopic (exact) mass is 549 g/mol. The number of halogens is 4. The Balaban J connectivity index is 1.64. The molecule has 0 radical (unpaired) electrons. The summed E-state index contributed by atoms with van der Waals surface area (Å²) in [7, 11) is 0. The Morgan fingerprint density at radius 3 is 2.47 bits per heavy atom. The minimum absolute atomic E-state index is 0.00600. The summed E-state index contributed by atoms with van der Waals surface area (Å²) < 4.78 is 55.3. The third-order valence-electron chi connectivity index (χ3n) is 5.99. The number of carbonyl (C=O) groups is 2. The van der Waals surface area contributed by atoms with Crippen LogP contribution in [-0.4, -0.2) is 81.6 Å². The van der Waals surface area contributed by atoms with Crippen molar-refractivity contribution in [1.29, 1.82) is 0 Å². The van der Waals surface area contributed by atoms with Crippen molar-refractivity contribution in [2.45, 2.75) is 51.9 Å². The Morgan fingerprint density at radius 2 is 1.89 bits per heavy atom. The van der Waals surface area contributed by atoms with Gasteiger partial charge < -0.3 is 19.3 Å². The second-order valence-electron chi connectivity index (χ2n) is 9.67. The highest BCUT2D eigenvalue weighted by Gasteiger charge is 2.56. The number of nitrogens with zero attached hydrogens (tertiary/aromatic N) is 5. The van der Waals surface area contributed by atoms with E-state index < -0.39 is 35.5 Å². The largest absolute Gasteiger partial charge is 0.458 e. The van der Waals surface area contributed by atoms with Crippen molar-refractivity contribution in [3.05, 3.63) is 27.2 Å². The van der Waals surface area contributed by atoms with Gasteiger partial charge in [-0.1, -0.05) is 32.4 Å². The van der Waals surface area contributed by atoms with Gasteiger partial charge in [-0.15, -0.1) is 21.1 Å². The third-order valence-corrected chi connectivity index (χ3v) is 7.20. The second kappa shape index (κ2) is 10.2. The number of amides is 2. The lowest BCUT2D eigenvalue weighted by Crippen LogP contribution is -2.54. The summed E-state index contributed by atoms with van der Waals surface area (Å²) in [6, 6.07) is 0.407. The molecule has 4 rings (SSSR count). The summed E-state index contributed by atoms with van der Waals surface area (Å²) in [5.41, 5.74) is -0.896. The van der Waals surface area contributed by atoms with Gasteiger partial charge in [0.25, 0.3) is 5.91 Å². The SMILES string of the molecule is CC(C)(C)C(=O)n1nc(C2CCN(C(=O)N3CCOCC3)C2C(F)(F)F)nc1OCc1ccc(Cl)s1. The molecule has 0 N–H and O–H groups in total. The van der Waals surface area contributed by atoms with Crippen molar-refractivity contribution >= 4 is 34.9 Å². The minimum Gasteiger partial charge on any atom is -0.458 e. The number of hydrogen-bond donors (Lipinski definition) is 0. The molecule has 2 fully saturated rings. The summed E-state index contributed by atoms with van der Waals surface area (Å²) in [4.78, 5) is 33.2. The normalized spacial score (nSPS) is 21.2. The first-order chi connectivity index (χ1) is 16.9. The Labute approximate surface area is 215 Å². The molecular formula is C22H27ClF3N5O4S. The molecule has 2 aliphatic rings. The molecule has 4 heterocycles. The van der Waals surface area contributed by atoms with E-state index in [0.717, 1.165) is 14.5 Å². The van der Waals surface area contributed by atoms with Gasteiger partial charge in [-0.2, -0.15) is 18.2 Å². The number of thiophene rings is 1. The van der Waals surface area contributed by atoms with E-state index in [0.29, 0.717) is 4.34 Å². The molecule has 198 valence electrons. The van der Waals surface area contributed by atoms with Crippen molar-refractivity contribution < 1.29 is 32.2 Å². The molecule has 2 aromatic heterocycles. The van der Waals surface area contributed by atoms with Crippen molar-refractivity contribution in [3.8, 4) is 6.01 Å². The van der Waals surface area contributed by atoms with Crippen LogP contribution in [0.15, 0.2) is 12.1 Å². The Morgan fingerprint density at radius 1 is 1.19 bits per heavy atom. The van der Waals surface area contributed by atoms with Crippen molar-refractivity contribution in [3.63, 3.8) is 0 Å². The highest BCUT2D eigenvalue weighted by molar-refractivity contribution is 7.16. The lowest BCUT2D eigenvalue weighted by atomic mass is 9.96. The van der Waals surface area contributed by atoms with Crippen LogP contribution in [0, 0.1) is 5.41 Å². The van der Waals surface area contributed by atoms with E-state index in [4.69, 9.17) is 21.1 Å². The zero-order chi connectivity index (χ0) is 26.3. The van der Waals surface area contributed by atoms with Crippen LogP contribution in [0.25, 0.3) is 0 Å².